The van der Waals surface area contributed by atoms with Gasteiger partial charge in [-0.3, -0.25) is 4.79 Å². The molecule has 4 nitrogen and oxygen atoms in total. The van der Waals surface area contributed by atoms with Crippen molar-refractivity contribution in [2.45, 2.75) is 32.2 Å². The van der Waals surface area contributed by atoms with Crippen molar-refractivity contribution in [1.82, 2.24) is 10.6 Å². The highest BCUT2D eigenvalue weighted by atomic mass is 16.5. The van der Waals surface area contributed by atoms with Crippen molar-refractivity contribution in [1.29, 1.82) is 0 Å². The lowest BCUT2D eigenvalue weighted by Crippen LogP contribution is -2.43. The molecule has 0 spiro atoms. The number of amides is 1. The molecule has 1 amide bonds. The lowest BCUT2D eigenvalue weighted by atomic mass is 9.92. The summed E-state index contributed by atoms with van der Waals surface area (Å²) in [6.07, 6.45) is 4.56. The Morgan fingerprint density at radius 3 is 3.12 bits per heavy atom. The van der Waals surface area contributed by atoms with Gasteiger partial charge in [-0.1, -0.05) is 6.08 Å². The zero-order valence-corrected chi connectivity index (χ0v) is 10.7. The predicted octanol–water partition coefficient (Wildman–Crippen LogP) is 1.08. The number of carbonyl (C=O) groups is 1. The standard InChI is InChI=1S/C13H24N2O2/c1-3-4-8-17-9-7-15-13(16)12-5-6-14-11(2)10-12/h3,11-12,14H,1,4-10H2,2H3,(H,15,16)/t11-,12-/m0/s1. The van der Waals surface area contributed by atoms with Gasteiger partial charge in [0.05, 0.1) is 13.2 Å². The molecular weight excluding hydrogens is 216 g/mol. The van der Waals surface area contributed by atoms with E-state index in [4.69, 9.17) is 4.74 Å². The number of piperidine rings is 1. The first-order chi connectivity index (χ1) is 8.24. The number of ether oxygens (including phenoxy) is 1. The minimum absolute atomic E-state index is 0.166. The van der Waals surface area contributed by atoms with E-state index in [1.54, 1.807) is 0 Å². The van der Waals surface area contributed by atoms with Crippen molar-refractivity contribution in [2.24, 2.45) is 5.92 Å². The molecule has 1 fully saturated rings. The van der Waals surface area contributed by atoms with E-state index in [-0.39, 0.29) is 11.8 Å². The average molecular weight is 240 g/mol. The van der Waals surface area contributed by atoms with E-state index in [0.717, 1.165) is 25.8 Å². The largest absolute Gasteiger partial charge is 0.379 e. The van der Waals surface area contributed by atoms with Gasteiger partial charge in [0.15, 0.2) is 0 Å². The van der Waals surface area contributed by atoms with Crippen LogP contribution >= 0.6 is 0 Å². The van der Waals surface area contributed by atoms with Crippen LogP contribution in [0.25, 0.3) is 0 Å². The lowest BCUT2D eigenvalue weighted by molar-refractivity contribution is -0.126. The van der Waals surface area contributed by atoms with Crippen LogP contribution in [0, 0.1) is 5.92 Å². The van der Waals surface area contributed by atoms with Crippen LogP contribution in [0.3, 0.4) is 0 Å². The van der Waals surface area contributed by atoms with E-state index in [0.29, 0.717) is 25.8 Å². The van der Waals surface area contributed by atoms with Crippen molar-refractivity contribution in [3.8, 4) is 0 Å². The summed E-state index contributed by atoms with van der Waals surface area (Å²) in [6, 6.07) is 0.448. The van der Waals surface area contributed by atoms with Crippen LogP contribution in [0.5, 0.6) is 0 Å². The van der Waals surface area contributed by atoms with Crippen LogP contribution < -0.4 is 10.6 Å². The quantitative estimate of drug-likeness (QED) is 0.517. The Labute approximate surface area is 104 Å². The molecule has 0 radical (unpaired) electrons. The van der Waals surface area contributed by atoms with Crippen molar-refractivity contribution in [3.05, 3.63) is 12.7 Å². The number of hydrogen-bond donors (Lipinski definition) is 2. The van der Waals surface area contributed by atoms with E-state index in [1.165, 1.54) is 0 Å². The molecule has 0 aromatic carbocycles. The lowest BCUT2D eigenvalue weighted by Gasteiger charge is -2.27. The molecule has 98 valence electrons. The molecule has 1 rings (SSSR count). The van der Waals surface area contributed by atoms with Gasteiger partial charge in [0.2, 0.25) is 5.91 Å². The number of nitrogens with one attached hydrogen (secondary N) is 2. The highest BCUT2D eigenvalue weighted by Gasteiger charge is 2.24. The van der Waals surface area contributed by atoms with Gasteiger partial charge in [-0.25, -0.2) is 0 Å². The number of hydrogen-bond acceptors (Lipinski definition) is 3. The monoisotopic (exact) mass is 240 g/mol. The molecule has 2 N–H and O–H groups in total. The summed E-state index contributed by atoms with van der Waals surface area (Å²) in [5.41, 5.74) is 0. The third kappa shape index (κ3) is 5.84. The minimum atomic E-state index is 0.166. The molecule has 1 aliphatic rings. The van der Waals surface area contributed by atoms with Crippen molar-refractivity contribution < 1.29 is 9.53 Å². The molecule has 0 aromatic heterocycles. The maximum absolute atomic E-state index is 11.8. The molecule has 4 heteroatoms. The Hall–Kier alpha value is -0.870. The van der Waals surface area contributed by atoms with Crippen molar-refractivity contribution >= 4 is 5.91 Å². The molecular formula is C13H24N2O2. The van der Waals surface area contributed by atoms with Crippen LogP contribution in [0.15, 0.2) is 12.7 Å². The van der Waals surface area contributed by atoms with E-state index in [1.807, 2.05) is 6.08 Å². The third-order valence-corrected chi connectivity index (χ3v) is 3.01. The van der Waals surface area contributed by atoms with E-state index in [2.05, 4.69) is 24.1 Å². The van der Waals surface area contributed by atoms with Crippen LogP contribution in [0.4, 0.5) is 0 Å². The van der Waals surface area contributed by atoms with Gasteiger partial charge in [-0.05, 0) is 32.7 Å². The first-order valence-corrected chi connectivity index (χ1v) is 6.43. The van der Waals surface area contributed by atoms with Crippen molar-refractivity contribution in [2.75, 3.05) is 26.3 Å². The second kappa shape index (κ2) is 8.25. The van der Waals surface area contributed by atoms with Crippen LogP contribution in [0.2, 0.25) is 0 Å². The van der Waals surface area contributed by atoms with Gasteiger partial charge in [0, 0.05) is 18.5 Å². The van der Waals surface area contributed by atoms with E-state index >= 15 is 0 Å². The molecule has 0 aliphatic carbocycles. The summed E-state index contributed by atoms with van der Waals surface area (Å²) < 4.78 is 5.33. The van der Waals surface area contributed by atoms with E-state index in [9.17, 15) is 4.79 Å². The average Bonchev–Trinajstić information content (AvgIpc) is 2.33. The van der Waals surface area contributed by atoms with Crippen molar-refractivity contribution in [3.63, 3.8) is 0 Å². The minimum Gasteiger partial charge on any atom is -0.379 e. The summed E-state index contributed by atoms with van der Waals surface area (Å²) in [5, 5.41) is 6.28. The SMILES string of the molecule is C=CCCOCCNC(=O)[C@H]1CCN[C@@H](C)C1. The highest BCUT2D eigenvalue weighted by molar-refractivity contribution is 5.78. The van der Waals surface area contributed by atoms with Crippen LogP contribution in [-0.2, 0) is 9.53 Å². The predicted molar refractivity (Wildman–Crippen MR) is 68.8 cm³/mol. The first-order valence-electron chi connectivity index (χ1n) is 6.43. The fraction of sp³-hybridized carbons (Fsp3) is 0.769. The smallest absolute Gasteiger partial charge is 0.223 e. The zero-order valence-electron chi connectivity index (χ0n) is 10.7. The summed E-state index contributed by atoms with van der Waals surface area (Å²) in [7, 11) is 0. The molecule has 1 saturated heterocycles. The molecule has 17 heavy (non-hydrogen) atoms. The molecule has 1 aliphatic heterocycles. The molecule has 1 heterocycles. The van der Waals surface area contributed by atoms with Gasteiger partial charge < -0.3 is 15.4 Å². The molecule has 0 aromatic rings. The Morgan fingerprint density at radius 2 is 2.41 bits per heavy atom. The maximum atomic E-state index is 11.8. The summed E-state index contributed by atoms with van der Waals surface area (Å²) >= 11 is 0. The Kier molecular flexibility index (Phi) is 6.89. The molecule has 0 unspecified atom stereocenters. The summed E-state index contributed by atoms with van der Waals surface area (Å²) in [5.74, 6) is 0.338. The fourth-order valence-electron chi connectivity index (χ4n) is 2.03. The maximum Gasteiger partial charge on any atom is 0.223 e. The number of rotatable bonds is 7. The summed E-state index contributed by atoms with van der Waals surface area (Å²) in [6.45, 7) is 8.55. The van der Waals surface area contributed by atoms with Crippen LogP contribution in [-0.4, -0.2) is 38.3 Å². The molecule has 2 atom stereocenters. The second-order valence-electron chi connectivity index (χ2n) is 4.56. The Balaban J connectivity index is 2.06. The summed E-state index contributed by atoms with van der Waals surface area (Å²) in [4.78, 5) is 11.8. The third-order valence-electron chi connectivity index (χ3n) is 3.01. The van der Waals surface area contributed by atoms with Crippen LogP contribution in [0.1, 0.15) is 26.2 Å². The fourth-order valence-corrected chi connectivity index (χ4v) is 2.03. The van der Waals surface area contributed by atoms with Gasteiger partial charge in [-0.2, -0.15) is 0 Å². The van der Waals surface area contributed by atoms with Gasteiger partial charge in [0.25, 0.3) is 0 Å². The normalized spacial score (nSPS) is 24.3. The highest BCUT2D eigenvalue weighted by Crippen LogP contribution is 2.15. The Bertz CT molecular complexity index is 244. The molecule has 0 bridgehead atoms. The first kappa shape index (κ1) is 14.2. The zero-order chi connectivity index (χ0) is 12.5. The topological polar surface area (TPSA) is 50.4 Å². The Morgan fingerprint density at radius 1 is 1.59 bits per heavy atom. The van der Waals surface area contributed by atoms with E-state index < -0.39 is 0 Å². The van der Waals surface area contributed by atoms with Gasteiger partial charge in [-0.15, -0.1) is 6.58 Å². The number of carbonyl (C=O) groups excluding carboxylic acids is 1. The molecule has 0 saturated carbocycles. The van der Waals surface area contributed by atoms with Gasteiger partial charge in [0.1, 0.15) is 0 Å². The second-order valence-corrected chi connectivity index (χ2v) is 4.56. The van der Waals surface area contributed by atoms with Gasteiger partial charge >= 0.3 is 0 Å².